The first-order chi connectivity index (χ1) is 16.5. The number of carbonyl (C=O) groups excluding carboxylic acids is 2. The molecule has 1 spiro atoms. The predicted molar refractivity (Wildman–Crippen MR) is 137 cm³/mol. The minimum atomic E-state index is -1.27. The smallest absolute Gasteiger partial charge is 0.244 e. The summed E-state index contributed by atoms with van der Waals surface area (Å²) >= 11 is 12.5. The third-order valence-corrected chi connectivity index (χ3v) is 7.39. The van der Waals surface area contributed by atoms with Crippen molar-refractivity contribution in [3.63, 3.8) is 0 Å². The normalized spacial score (nSPS) is 20.1. The summed E-state index contributed by atoms with van der Waals surface area (Å²) < 4.78 is 1.66. The Balaban J connectivity index is 1.65. The fourth-order valence-corrected chi connectivity index (χ4v) is 5.26. The van der Waals surface area contributed by atoms with Crippen molar-refractivity contribution < 1.29 is 9.59 Å². The standard InChI is InChI=1S/C26H27Cl2N5O2/c1-15(16-5-7-17(27)8-6-16)33-23-22(30-31-33)26(14-21(34)29-23)19-13-18(28)9-10-20(19)32(24(26)35)12-11-25(2,3)4/h5-10,13,15H,11-12,14H2,1-4H3,(H,29,34)/t15-,26+/m0/s1. The number of aromatic nitrogens is 3. The summed E-state index contributed by atoms with van der Waals surface area (Å²) in [5.41, 5.74) is 1.63. The van der Waals surface area contributed by atoms with Crippen LogP contribution in [0.25, 0.3) is 0 Å². The van der Waals surface area contributed by atoms with Gasteiger partial charge in [0.15, 0.2) is 5.82 Å². The zero-order chi connectivity index (χ0) is 25.1. The van der Waals surface area contributed by atoms with Gasteiger partial charge in [-0.15, -0.1) is 5.10 Å². The number of halogens is 2. The van der Waals surface area contributed by atoms with Crippen LogP contribution in [0.5, 0.6) is 0 Å². The van der Waals surface area contributed by atoms with Gasteiger partial charge in [0.1, 0.15) is 11.1 Å². The molecule has 0 unspecified atom stereocenters. The molecule has 35 heavy (non-hydrogen) atoms. The first kappa shape index (κ1) is 23.8. The van der Waals surface area contributed by atoms with Crippen molar-refractivity contribution in [2.24, 2.45) is 5.41 Å². The van der Waals surface area contributed by atoms with Gasteiger partial charge in [-0.05, 0) is 60.2 Å². The van der Waals surface area contributed by atoms with Crippen LogP contribution in [0.3, 0.4) is 0 Å². The molecule has 0 bridgehead atoms. The van der Waals surface area contributed by atoms with Crippen LogP contribution in [-0.2, 0) is 15.0 Å². The zero-order valence-corrected chi connectivity index (χ0v) is 21.6. The SMILES string of the molecule is C[C@@H](c1ccc(Cl)cc1)n1nnc2c1NC(=O)C[C@]21C(=O)N(CCC(C)(C)C)c2ccc(Cl)cc21. The lowest BCUT2D eigenvalue weighted by Gasteiger charge is -2.32. The summed E-state index contributed by atoms with van der Waals surface area (Å²) in [5.74, 6) is 0.00302. The molecule has 2 atom stereocenters. The molecule has 2 amide bonds. The van der Waals surface area contributed by atoms with Crippen LogP contribution in [0.4, 0.5) is 11.5 Å². The van der Waals surface area contributed by atoms with E-state index in [2.05, 4.69) is 36.4 Å². The number of carbonyl (C=O) groups is 2. The number of benzene rings is 2. The highest BCUT2D eigenvalue weighted by Crippen LogP contribution is 2.52. The molecule has 9 heteroatoms. The molecule has 1 aromatic heterocycles. The predicted octanol–water partition coefficient (Wildman–Crippen LogP) is 5.61. The van der Waals surface area contributed by atoms with E-state index in [9.17, 15) is 9.59 Å². The van der Waals surface area contributed by atoms with Crippen LogP contribution in [-0.4, -0.2) is 33.4 Å². The lowest BCUT2D eigenvalue weighted by atomic mass is 9.73. The molecule has 7 nitrogen and oxygen atoms in total. The number of rotatable bonds is 4. The molecular weight excluding hydrogens is 485 g/mol. The van der Waals surface area contributed by atoms with Crippen molar-refractivity contribution in [2.75, 3.05) is 16.8 Å². The molecule has 1 N–H and O–H groups in total. The third-order valence-electron chi connectivity index (χ3n) is 6.91. The fraction of sp³-hybridized carbons (Fsp3) is 0.385. The van der Waals surface area contributed by atoms with Gasteiger partial charge in [-0.2, -0.15) is 0 Å². The molecule has 2 aliphatic heterocycles. The molecule has 5 rings (SSSR count). The van der Waals surface area contributed by atoms with Crippen molar-refractivity contribution in [1.82, 2.24) is 15.0 Å². The number of fused-ring (bicyclic) bond motifs is 4. The van der Waals surface area contributed by atoms with Gasteiger partial charge in [0.05, 0.1) is 12.5 Å². The van der Waals surface area contributed by atoms with Crippen molar-refractivity contribution in [3.05, 3.63) is 69.3 Å². The molecule has 0 radical (unpaired) electrons. The van der Waals surface area contributed by atoms with E-state index in [1.807, 2.05) is 37.3 Å². The Labute approximate surface area is 214 Å². The molecule has 2 aromatic carbocycles. The second kappa shape index (κ2) is 8.35. The third kappa shape index (κ3) is 3.91. The lowest BCUT2D eigenvalue weighted by molar-refractivity contribution is -0.126. The van der Waals surface area contributed by atoms with E-state index in [0.29, 0.717) is 33.7 Å². The topological polar surface area (TPSA) is 80.1 Å². The summed E-state index contributed by atoms with van der Waals surface area (Å²) in [7, 11) is 0. The van der Waals surface area contributed by atoms with E-state index in [4.69, 9.17) is 23.2 Å². The van der Waals surface area contributed by atoms with E-state index in [0.717, 1.165) is 17.7 Å². The summed E-state index contributed by atoms with van der Waals surface area (Å²) in [4.78, 5) is 29.1. The minimum absolute atomic E-state index is 0.0366. The van der Waals surface area contributed by atoms with Gasteiger partial charge >= 0.3 is 0 Å². The summed E-state index contributed by atoms with van der Waals surface area (Å²) in [6, 6.07) is 12.6. The highest BCUT2D eigenvalue weighted by Gasteiger charge is 2.58. The Hall–Kier alpha value is -2.90. The van der Waals surface area contributed by atoms with Crippen molar-refractivity contribution >= 4 is 46.5 Å². The van der Waals surface area contributed by atoms with Crippen molar-refractivity contribution in [2.45, 2.75) is 52.0 Å². The monoisotopic (exact) mass is 511 g/mol. The van der Waals surface area contributed by atoms with E-state index in [1.165, 1.54) is 0 Å². The first-order valence-electron chi connectivity index (χ1n) is 11.6. The van der Waals surface area contributed by atoms with E-state index in [1.54, 1.807) is 21.7 Å². The number of nitrogens with one attached hydrogen (secondary N) is 1. The number of hydrogen-bond acceptors (Lipinski definition) is 4. The summed E-state index contributed by atoms with van der Waals surface area (Å²) in [6.45, 7) is 8.92. The Kier molecular flexibility index (Phi) is 5.68. The van der Waals surface area contributed by atoms with Gasteiger partial charge < -0.3 is 10.2 Å². The van der Waals surface area contributed by atoms with Crippen molar-refractivity contribution in [1.29, 1.82) is 0 Å². The molecule has 0 aliphatic carbocycles. The average molecular weight is 512 g/mol. The quantitative estimate of drug-likeness (QED) is 0.493. The Morgan fingerprint density at radius 1 is 1.09 bits per heavy atom. The fourth-order valence-electron chi connectivity index (χ4n) is 4.96. The maximum atomic E-state index is 14.2. The Bertz CT molecular complexity index is 1330. The Morgan fingerprint density at radius 2 is 1.77 bits per heavy atom. The van der Waals surface area contributed by atoms with Crippen LogP contribution < -0.4 is 10.2 Å². The molecule has 2 aliphatic rings. The second-order valence-corrected chi connectivity index (χ2v) is 11.4. The van der Waals surface area contributed by atoms with Gasteiger partial charge in [-0.3, -0.25) is 9.59 Å². The average Bonchev–Trinajstić information content (AvgIpc) is 3.30. The van der Waals surface area contributed by atoms with Gasteiger partial charge in [-0.25, -0.2) is 4.68 Å². The molecule has 0 saturated heterocycles. The number of hydrogen-bond donors (Lipinski definition) is 1. The first-order valence-corrected chi connectivity index (χ1v) is 12.4. The van der Waals surface area contributed by atoms with Gasteiger partial charge in [0.25, 0.3) is 0 Å². The van der Waals surface area contributed by atoms with Crippen LogP contribution >= 0.6 is 23.2 Å². The lowest BCUT2D eigenvalue weighted by Crippen LogP contribution is -2.47. The maximum Gasteiger partial charge on any atom is 0.244 e. The van der Waals surface area contributed by atoms with E-state index in [-0.39, 0.29) is 29.7 Å². The number of amides is 2. The molecule has 0 saturated carbocycles. The molecular formula is C26H27Cl2N5O2. The molecule has 3 aromatic rings. The largest absolute Gasteiger partial charge is 0.311 e. The van der Waals surface area contributed by atoms with Crippen LogP contribution in [0.1, 0.15) is 63.4 Å². The minimum Gasteiger partial charge on any atom is -0.311 e. The van der Waals surface area contributed by atoms with Gasteiger partial charge in [0.2, 0.25) is 11.8 Å². The summed E-state index contributed by atoms with van der Waals surface area (Å²) in [6.07, 6.45) is 0.752. The molecule has 182 valence electrons. The van der Waals surface area contributed by atoms with Gasteiger partial charge in [-0.1, -0.05) is 61.3 Å². The van der Waals surface area contributed by atoms with E-state index < -0.39 is 5.41 Å². The van der Waals surface area contributed by atoms with Gasteiger partial charge in [0, 0.05) is 22.3 Å². The van der Waals surface area contributed by atoms with Crippen LogP contribution in [0, 0.1) is 5.41 Å². The Morgan fingerprint density at radius 3 is 2.46 bits per heavy atom. The zero-order valence-electron chi connectivity index (χ0n) is 20.1. The molecule has 3 heterocycles. The maximum absolute atomic E-state index is 14.2. The highest BCUT2D eigenvalue weighted by atomic mass is 35.5. The number of anilines is 2. The summed E-state index contributed by atoms with van der Waals surface area (Å²) in [5, 5.41) is 13.0. The molecule has 0 fully saturated rings. The van der Waals surface area contributed by atoms with Crippen LogP contribution in [0.15, 0.2) is 42.5 Å². The second-order valence-electron chi connectivity index (χ2n) is 10.5. The van der Waals surface area contributed by atoms with E-state index >= 15 is 0 Å². The highest BCUT2D eigenvalue weighted by molar-refractivity contribution is 6.31. The number of nitrogens with zero attached hydrogens (tertiary/aromatic N) is 4. The van der Waals surface area contributed by atoms with Crippen LogP contribution in [0.2, 0.25) is 10.0 Å². The van der Waals surface area contributed by atoms with Crippen molar-refractivity contribution in [3.8, 4) is 0 Å².